The summed E-state index contributed by atoms with van der Waals surface area (Å²) >= 11 is 0. The molecule has 0 spiro atoms. The van der Waals surface area contributed by atoms with Crippen molar-refractivity contribution in [1.29, 1.82) is 0 Å². The minimum Gasteiger partial charge on any atom is -0.496 e. The summed E-state index contributed by atoms with van der Waals surface area (Å²) in [5.74, 6) is -0.780. The zero-order valence-corrected chi connectivity index (χ0v) is 17.7. The first-order valence-electron chi connectivity index (χ1n) is 10.1. The molecule has 1 amide bonds. The Kier molecular flexibility index (Phi) is 7.43. The van der Waals surface area contributed by atoms with Gasteiger partial charge in [0.25, 0.3) is 11.5 Å². The summed E-state index contributed by atoms with van der Waals surface area (Å²) in [5, 5.41) is 7.54. The summed E-state index contributed by atoms with van der Waals surface area (Å²) in [4.78, 5) is 35.7. The molecule has 0 saturated heterocycles. The molecule has 2 aromatic carbocycles. The molecule has 9 heteroatoms. The predicted octanol–water partition coefficient (Wildman–Crippen LogP) is 2.81. The van der Waals surface area contributed by atoms with E-state index in [2.05, 4.69) is 15.5 Å². The Bertz CT molecular complexity index is 1140. The molecule has 3 aromatic rings. The summed E-state index contributed by atoms with van der Waals surface area (Å²) in [6.07, 6.45) is 0.313. The van der Waals surface area contributed by atoms with Crippen LogP contribution in [0.15, 0.2) is 53.3 Å². The first-order chi connectivity index (χ1) is 15.4. The van der Waals surface area contributed by atoms with Crippen molar-refractivity contribution in [2.45, 2.75) is 25.8 Å². The predicted molar refractivity (Wildman–Crippen MR) is 116 cm³/mol. The number of ether oxygens (including phenoxy) is 2. The summed E-state index contributed by atoms with van der Waals surface area (Å²) in [5.41, 5.74) is 1.87. The van der Waals surface area contributed by atoms with Gasteiger partial charge in [0, 0.05) is 17.7 Å². The van der Waals surface area contributed by atoms with E-state index in [0.29, 0.717) is 17.7 Å². The first-order valence-corrected chi connectivity index (χ1v) is 10.1. The third-order valence-electron chi connectivity index (χ3n) is 4.80. The number of halogens is 1. The van der Waals surface area contributed by atoms with E-state index in [1.807, 2.05) is 24.3 Å². The van der Waals surface area contributed by atoms with Gasteiger partial charge < -0.3 is 14.8 Å². The third kappa shape index (κ3) is 5.84. The fourth-order valence-electron chi connectivity index (χ4n) is 3.32. The van der Waals surface area contributed by atoms with Gasteiger partial charge in [0.05, 0.1) is 20.1 Å². The largest absolute Gasteiger partial charge is 0.496 e. The molecule has 0 aliphatic carbocycles. The molecule has 1 heterocycles. The van der Waals surface area contributed by atoms with Crippen molar-refractivity contribution in [1.82, 2.24) is 15.5 Å². The number of carbonyl (C=O) groups is 2. The second kappa shape index (κ2) is 10.4. The van der Waals surface area contributed by atoms with Crippen molar-refractivity contribution in [2.75, 3.05) is 13.7 Å². The molecule has 1 aromatic heterocycles. The molecule has 8 nitrogen and oxygen atoms in total. The molecule has 0 unspecified atom stereocenters. The molecule has 1 atom stereocenters. The van der Waals surface area contributed by atoms with Crippen LogP contribution in [0.25, 0.3) is 11.1 Å². The molecule has 168 valence electrons. The van der Waals surface area contributed by atoms with E-state index < -0.39 is 23.5 Å². The number of amides is 1. The van der Waals surface area contributed by atoms with Gasteiger partial charge in [-0.05, 0) is 42.7 Å². The van der Waals surface area contributed by atoms with E-state index in [4.69, 9.17) is 9.47 Å². The summed E-state index contributed by atoms with van der Waals surface area (Å²) in [6.45, 7) is 1.93. The van der Waals surface area contributed by atoms with E-state index in [9.17, 15) is 18.8 Å². The molecular weight excluding hydrogens is 417 g/mol. The van der Waals surface area contributed by atoms with Crippen molar-refractivity contribution in [3.63, 3.8) is 0 Å². The lowest BCUT2D eigenvalue weighted by Gasteiger charge is -2.18. The van der Waals surface area contributed by atoms with Crippen LogP contribution in [0.1, 0.15) is 29.4 Å². The van der Waals surface area contributed by atoms with Crippen LogP contribution in [-0.4, -0.2) is 41.8 Å². The lowest BCUT2D eigenvalue weighted by molar-refractivity contribution is -0.143. The molecule has 0 aliphatic rings. The maximum atomic E-state index is 13.7. The Balaban J connectivity index is 1.77. The van der Waals surface area contributed by atoms with Gasteiger partial charge in [-0.3, -0.25) is 24.6 Å². The van der Waals surface area contributed by atoms with Crippen LogP contribution in [0.2, 0.25) is 0 Å². The fourth-order valence-corrected chi connectivity index (χ4v) is 3.32. The van der Waals surface area contributed by atoms with Crippen LogP contribution >= 0.6 is 0 Å². The number of aromatic nitrogens is 2. The van der Waals surface area contributed by atoms with Gasteiger partial charge in [-0.15, -0.1) is 0 Å². The van der Waals surface area contributed by atoms with Gasteiger partial charge in [-0.2, -0.15) is 0 Å². The minimum atomic E-state index is -0.561. The van der Waals surface area contributed by atoms with Crippen LogP contribution in [0.3, 0.4) is 0 Å². The number of esters is 1. The van der Waals surface area contributed by atoms with Crippen molar-refractivity contribution < 1.29 is 23.5 Å². The second-order valence-corrected chi connectivity index (χ2v) is 7.10. The standard InChI is InChI=1S/C23H24FN3O5/c1-3-32-22(29)12-17(25-23(30)19-13-21(28)27-26-19)10-14-4-6-15(7-5-14)18-11-16(24)8-9-20(18)31-2/h4-9,11,13,17H,3,10,12H2,1-2H3,(H,25,30)(H2,26,27,28)/t17-/m1/s1. The number of H-pyrrole nitrogens is 2. The maximum Gasteiger partial charge on any atom is 0.307 e. The van der Waals surface area contributed by atoms with Crippen LogP contribution in [0.5, 0.6) is 5.75 Å². The average molecular weight is 441 g/mol. The Hall–Kier alpha value is -3.88. The number of nitrogens with one attached hydrogen (secondary N) is 3. The fraction of sp³-hybridized carbons (Fsp3) is 0.261. The van der Waals surface area contributed by atoms with Gasteiger partial charge in [-0.25, -0.2) is 4.39 Å². The summed E-state index contributed by atoms with van der Waals surface area (Å²) < 4.78 is 24.0. The second-order valence-electron chi connectivity index (χ2n) is 7.10. The number of carbonyl (C=O) groups excluding carboxylic acids is 2. The highest BCUT2D eigenvalue weighted by Crippen LogP contribution is 2.30. The number of methoxy groups -OCH3 is 1. The van der Waals surface area contributed by atoms with Crippen LogP contribution in [0.4, 0.5) is 4.39 Å². The first kappa shape index (κ1) is 22.8. The molecule has 3 rings (SSSR count). The van der Waals surface area contributed by atoms with Crippen molar-refractivity contribution in [2.24, 2.45) is 0 Å². The van der Waals surface area contributed by atoms with Crippen molar-refractivity contribution in [3.05, 3.63) is 76.0 Å². The highest BCUT2D eigenvalue weighted by molar-refractivity contribution is 5.92. The number of rotatable bonds is 9. The number of benzene rings is 2. The Morgan fingerprint density at radius 1 is 1.09 bits per heavy atom. The van der Waals surface area contributed by atoms with Crippen LogP contribution in [0, 0.1) is 5.82 Å². The number of hydrogen-bond acceptors (Lipinski definition) is 5. The van der Waals surface area contributed by atoms with Crippen molar-refractivity contribution >= 4 is 11.9 Å². The molecule has 0 aliphatic heterocycles. The number of aromatic amines is 2. The molecule has 0 fully saturated rings. The highest BCUT2D eigenvalue weighted by Gasteiger charge is 2.20. The maximum absolute atomic E-state index is 13.7. The normalized spacial score (nSPS) is 11.6. The zero-order valence-electron chi connectivity index (χ0n) is 17.7. The van der Waals surface area contributed by atoms with Crippen LogP contribution in [-0.2, 0) is 16.0 Å². The lowest BCUT2D eigenvalue weighted by atomic mass is 9.98. The van der Waals surface area contributed by atoms with E-state index in [-0.39, 0.29) is 24.5 Å². The van der Waals surface area contributed by atoms with E-state index in [1.165, 1.54) is 19.2 Å². The third-order valence-corrected chi connectivity index (χ3v) is 4.80. The summed E-state index contributed by atoms with van der Waals surface area (Å²) in [7, 11) is 1.52. The van der Waals surface area contributed by atoms with Gasteiger partial charge in [-0.1, -0.05) is 24.3 Å². The van der Waals surface area contributed by atoms with Gasteiger partial charge in [0.15, 0.2) is 0 Å². The molecule has 3 N–H and O–H groups in total. The average Bonchev–Trinajstić information content (AvgIpc) is 3.21. The van der Waals surface area contributed by atoms with E-state index in [1.54, 1.807) is 13.0 Å². The topological polar surface area (TPSA) is 113 Å². The Labute approximate surface area is 183 Å². The Morgan fingerprint density at radius 3 is 2.47 bits per heavy atom. The SMILES string of the molecule is CCOC(=O)C[C@@H](Cc1ccc(-c2cc(F)ccc2OC)cc1)NC(=O)c1cc(=O)[nH][nH]1. The van der Waals surface area contributed by atoms with E-state index >= 15 is 0 Å². The van der Waals surface area contributed by atoms with Gasteiger partial charge >= 0.3 is 5.97 Å². The molecular formula is C23H24FN3O5. The lowest BCUT2D eigenvalue weighted by Crippen LogP contribution is -2.38. The van der Waals surface area contributed by atoms with Crippen LogP contribution < -0.4 is 15.6 Å². The molecule has 0 saturated carbocycles. The Morgan fingerprint density at radius 2 is 1.84 bits per heavy atom. The number of hydrogen-bond donors (Lipinski definition) is 3. The molecule has 32 heavy (non-hydrogen) atoms. The smallest absolute Gasteiger partial charge is 0.307 e. The zero-order chi connectivity index (χ0) is 23.1. The molecule has 0 bridgehead atoms. The van der Waals surface area contributed by atoms with Gasteiger partial charge in [0.2, 0.25) is 0 Å². The monoisotopic (exact) mass is 441 g/mol. The van der Waals surface area contributed by atoms with Gasteiger partial charge in [0.1, 0.15) is 17.3 Å². The molecule has 0 radical (unpaired) electrons. The minimum absolute atomic E-state index is 0.0340. The quantitative estimate of drug-likeness (QED) is 0.442. The van der Waals surface area contributed by atoms with E-state index in [0.717, 1.165) is 17.2 Å². The highest BCUT2D eigenvalue weighted by atomic mass is 19.1. The van der Waals surface area contributed by atoms with Crippen molar-refractivity contribution in [3.8, 4) is 16.9 Å². The summed E-state index contributed by atoms with van der Waals surface area (Å²) in [6, 6.07) is 12.2.